The molecule has 0 radical (unpaired) electrons. The maximum Gasteiger partial charge on any atom is 0.415 e. The van der Waals surface area contributed by atoms with Gasteiger partial charge >= 0.3 is 6.09 Å². The van der Waals surface area contributed by atoms with Gasteiger partial charge in [0.15, 0.2) is 5.76 Å². The Morgan fingerprint density at radius 3 is 2.88 bits per heavy atom. The highest BCUT2D eigenvalue weighted by Gasteiger charge is 2.37. The molecule has 134 valence electrons. The summed E-state index contributed by atoms with van der Waals surface area (Å²) in [5.41, 5.74) is 0.901. The molecule has 0 saturated carbocycles. The molecule has 0 aromatic carbocycles. The first kappa shape index (κ1) is 17.2. The van der Waals surface area contributed by atoms with Crippen molar-refractivity contribution in [2.24, 2.45) is 5.92 Å². The summed E-state index contributed by atoms with van der Waals surface area (Å²) in [7, 11) is 0. The summed E-state index contributed by atoms with van der Waals surface area (Å²) < 4.78 is 10.5. The lowest BCUT2D eigenvalue weighted by molar-refractivity contribution is 0.177. The van der Waals surface area contributed by atoms with Crippen molar-refractivity contribution in [3.8, 4) is 0 Å². The summed E-state index contributed by atoms with van der Waals surface area (Å²) in [6.45, 7) is 8.44. The van der Waals surface area contributed by atoms with Crippen molar-refractivity contribution in [2.75, 3.05) is 16.8 Å². The van der Waals surface area contributed by atoms with Crippen LogP contribution in [-0.4, -0.2) is 33.9 Å². The molecule has 8 nitrogen and oxygen atoms in total. The van der Waals surface area contributed by atoms with Crippen LogP contribution >= 0.6 is 0 Å². The van der Waals surface area contributed by atoms with E-state index in [-0.39, 0.29) is 24.1 Å². The number of anilines is 2. The minimum absolute atomic E-state index is 0.0333. The minimum Gasteiger partial charge on any atom is -0.447 e. The third-order valence-corrected chi connectivity index (χ3v) is 4.27. The van der Waals surface area contributed by atoms with Gasteiger partial charge in [0.2, 0.25) is 5.95 Å². The number of amides is 1. The number of ether oxygens (including phenoxy) is 1. The lowest BCUT2D eigenvalue weighted by atomic mass is 10.0. The van der Waals surface area contributed by atoms with Crippen LogP contribution in [0.3, 0.4) is 0 Å². The van der Waals surface area contributed by atoms with Crippen LogP contribution in [0.25, 0.3) is 0 Å². The zero-order chi connectivity index (χ0) is 18.0. The molecule has 0 bridgehead atoms. The molecule has 1 aliphatic rings. The van der Waals surface area contributed by atoms with Crippen molar-refractivity contribution in [3.05, 3.63) is 29.8 Å². The van der Waals surface area contributed by atoms with Crippen LogP contribution in [0.5, 0.6) is 0 Å². The van der Waals surface area contributed by atoms with Crippen molar-refractivity contribution in [3.63, 3.8) is 0 Å². The molecule has 2 aromatic heterocycles. The van der Waals surface area contributed by atoms with Crippen molar-refractivity contribution < 1.29 is 14.1 Å². The third kappa shape index (κ3) is 3.57. The van der Waals surface area contributed by atoms with E-state index in [9.17, 15) is 4.79 Å². The van der Waals surface area contributed by atoms with E-state index < -0.39 is 0 Å². The lowest BCUT2D eigenvalue weighted by Gasteiger charge is -2.23. The average molecular weight is 345 g/mol. The fraction of sp³-hybridized carbons (Fsp3) is 0.529. The Hall–Kier alpha value is -2.64. The Morgan fingerprint density at radius 1 is 1.40 bits per heavy atom. The van der Waals surface area contributed by atoms with Crippen LogP contribution in [0.1, 0.15) is 45.2 Å². The van der Waals surface area contributed by atoms with Crippen molar-refractivity contribution in [2.45, 2.75) is 46.2 Å². The highest BCUT2D eigenvalue weighted by molar-refractivity contribution is 5.89. The predicted molar refractivity (Wildman–Crippen MR) is 92.4 cm³/mol. The van der Waals surface area contributed by atoms with Crippen LogP contribution in [0.4, 0.5) is 16.6 Å². The molecule has 0 spiro atoms. The molecular formula is C17H23N5O3. The largest absolute Gasteiger partial charge is 0.447 e. The number of cyclic esters (lactones) is 1. The number of aromatic nitrogens is 3. The van der Waals surface area contributed by atoms with Crippen molar-refractivity contribution in [1.29, 1.82) is 0 Å². The molecule has 3 rings (SSSR count). The van der Waals surface area contributed by atoms with Gasteiger partial charge < -0.3 is 14.6 Å². The van der Waals surface area contributed by atoms with E-state index in [0.29, 0.717) is 24.1 Å². The van der Waals surface area contributed by atoms with Crippen LogP contribution in [0.2, 0.25) is 0 Å². The molecular weight excluding hydrogens is 322 g/mol. The normalized spacial score (nSPS) is 18.5. The van der Waals surface area contributed by atoms with Gasteiger partial charge in [-0.1, -0.05) is 25.9 Å². The number of nitrogens with one attached hydrogen (secondary N) is 1. The molecule has 2 atom stereocenters. The smallest absolute Gasteiger partial charge is 0.415 e. The SMILES string of the molecule is CCc1cc([C@H](C)Nc2nccc(N3C(=O)OCC3C(C)C)n2)on1. The van der Waals surface area contributed by atoms with Gasteiger partial charge in [-0.2, -0.15) is 4.98 Å². The third-order valence-electron chi connectivity index (χ3n) is 4.27. The standard InChI is InChI=1S/C17H23N5O3/c1-5-12-8-14(25-21-12)11(4)19-16-18-7-6-15(20-16)22-13(10(2)3)9-24-17(22)23/h6-8,10-11,13H,5,9H2,1-4H3,(H,18,19,20)/t11-,13?/m0/s1. The van der Waals surface area contributed by atoms with E-state index in [0.717, 1.165) is 12.1 Å². The molecule has 1 unspecified atom stereocenters. The summed E-state index contributed by atoms with van der Waals surface area (Å²) in [6.07, 6.45) is 2.06. The molecule has 1 aliphatic heterocycles. The molecule has 1 fully saturated rings. The van der Waals surface area contributed by atoms with Crippen LogP contribution < -0.4 is 10.2 Å². The quantitative estimate of drug-likeness (QED) is 0.859. The maximum absolute atomic E-state index is 12.1. The Kier molecular flexibility index (Phi) is 4.87. The number of hydrogen-bond acceptors (Lipinski definition) is 7. The van der Waals surface area contributed by atoms with Crippen molar-refractivity contribution in [1.82, 2.24) is 15.1 Å². The van der Waals surface area contributed by atoms with E-state index in [1.165, 1.54) is 0 Å². The van der Waals surface area contributed by atoms with E-state index in [1.807, 2.05) is 19.9 Å². The maximum atomic E-state index is 12.1. The lowest BCUT2D eigenvalue weighted by Crippen LogP contribution is -2.37. The summed E-state index contributed by atoms with van der Waals surface area (Å²) in [5.74, 6) is 1.92. The summed E-state index contributed by atoms with van der Waals surface area (Å²) in [5, 5.41) is 7.18. The molecule has 3 heterocycles. The van der Waals surface area contributed by atoms with Gasteiger partial charge in [-0.15, -0.1) is 0 Å². The first-order valence-electron chi connectivity index (χ1n) is 8.50. The molecule has 0 aliphatic carbocycles. The van der Waals surface area contributed by atoms with Crippen LogP contribution in [0.15, 0.2) is 22.9 Å². The fourth-order valence-electron chi connectivity index (χ4n) is 2.71. The number of nitrogens with zero attached hydrogens (tertiary/aromatic N) is 4. The Morgan fingerprint density at radius 2 is 2.20 bits per heavy atom. The van der Waals surface area contributed by atoms with Gasteiger partial charge in [0.1, 0.15) is 12.4 Å². The number of aryl methyl sites for hydroxylation is 1. The Bertz CT molecular complexity index is 745. The van der Waals surface area contributed by atoms with Gasteiger partial charge in [-0.3, -0.25) is 4.90 Å². The fourth-order valence-corrected chi connectivity index (χ4v) is 2.71. The van der Waals surface area contributed by atoms with Crippen LogP contribution in [0, 0.1) is 5.92 Å². The Balaban J connectivity index is 1.78. The van der Waals surface area contributed by atoms with Gasteiger partial charge in [0, 0.05) is 12.3 Å². The summed E-state index contributed by atoms with van der Waals surface area (Å²) in [6, 6.07) is 3.44. The number of carbonyl (C=O) groups is 1. The first-order chi connectivity index (χ1) is 12.0. The highest BCUT2D eigenvalue weighted by atomic mass is 16.6. The highest BCUT2D eigenvalue weighted by Crippen LogP contribution is 2.26. The molecule has 1 saturated heterocycles. The van der Waals surface area contributed by atoms with Gasteiger partial charge in [-0.25, -0.2) is 9.78 Å². The first-order valence-corrected chi connectivity index (χ1v) is 8.50. The second kappa shape index (κ2) is 7.08. The van der Waals surface area contributed by atoms with Gasteiger partial charge in [-0.05, 0) is 25.3 Å². The molecule has 25 heavy (non-hydrogen) atoms. The molecule has 1 amide bonds. The predicted octanol–water partition coefficient (Wildman–Crippen LogP) is 3.18. The average Bonchev–Trinajstić information content (AvgIpc) is 3.21. The summed E-state index contributed by atoms with van der Waals surface area (Å²) in [4.78, 5) is 22.4. The van der Waals surface area contributed by atoms with E-state index >= 15 is 0 Å². The molecule has 2 aromatic rings. The van der Waals surface area contributed by atoms with E-state index in [2.05, 4.69) is 34.3 Å². The molecule has 8 heteroatoms. The number of carbonyl (C=O) groups excluding carboxylic acids is 1. The van der Waals surface area contributed by atoms with E-state index in [4.69, 9.17) is 9.26 Å². The monoisotopic (exact) mass is 345 g/mol. The zero-order valence-corrected chi connectivity index (χ0v) is 14.9. The topological polar surface area (TPSA) is 93.4 Å². The second-order valence-corrected chi connectivity index (χ2v) is 6.44. The minimum atomic E-state index is -0.376. The summed E-state index contributed by atoms with van der Waals surface area (Å²) >= 11 is 0. The van der Waals surface area contributed by atoms with Gasteiger partial charge in [0.25, 0.3) is 0 Å². The number of rotatable bonds is 6. The Labute approximate surface area is 146 Å². The molecule has 1 N–H and O–H groups in total. The number of hydrogen-bond donors (Lipinski definition) is 1. The van der Waals surface area contributed by atoms with E-state index in [1.54, 1.807) is 17.2 Å². The van der Waals surface area contributed by atoms with Crippen molar-refractivity contribution >= 4 is 17.9 Å². The van der Waals surface area contributed by atoms with Crippen LogP contribution in [-0.2, 0) is 11.2 Å². The zero-order valence-electron chi connectivity index (χ0n) is 14.9. The second-order valence-electron chi connectivity index (χ2n) is 6.44. The van der Waals surface area contributed by atoms with Gasteiger partial charge in [0.05, 0.1) is 17.8 Å².